The maximum absolute atomic E-state index is 12.1. The van der Waals surface area contributed by atoms with Crippen LogP contribution >= 0.6 is 0 Å². The van der Waals surface area contributed by atoms with Crippen molar-refractivity contribution >= 4 is 5.91 Å². The largest absolute Gasteiger partial charge is 0.508 e. The molecule has 1 aromatic carbocycles. The van der Waals surface area contributed by atoms with Crippen LogP contribution in [0, 0.1) is 0 Å². The lowest BCUT2D eigenvalue weighted by molar-refractivity contribution is -0.149. The van der Waals surface area contributed by atoms with Crippen LogP contribution in [0.2, 0.25) is 0 Å². The maximum atomic E-state index is 12.1. The number of carbonyl (C=O) groups is 1. The zero-order chi connectivity index (χ0) is 15.3. The van der Waals surface area contributed by atoms with Crippen LogP contribution in [-0.2, 0) is 11.2 Å². The molecule has 1 aromatic rings. The van der Waals surface area contributed by atoms with Gasteiger partial charge in [0.15, 0.2) is 0 Å². The van der Waals surface area contributed by atoms with Crippen LogP contribution in [0.5, 0.6) is 5.75 Å². The van der Waals surface area contributed by atoms with Crippen LogP contribution in [-0.4, -0.2) is 35.2 Å². The summed E-state index contributed by atoms with van der Waals surface area (Å²) >= 11 is 0. The minimum Gasteiger partial charge on any atom is -0.508 e. The maximum Gasteiger partial charge on any atom is 0.389 e. The Hall–Kier alpha value is -1.72. The molecule has 6 heteroatoms. The first-order valence-electron chi connectivity index (χ1n) is 6.29. The van der Waals surface area contributed by atoms with Gasteiger partial charge in [-0.25, -0.2) is 0 Å². The molecule has 0 aliphatic rings. The van der Waals surface area contributed by atoms with Crippen molar-refractivity contribution in [3.05, 3.63) is 29.8 Å². The molecular weight excluding hydrogens is 271 g/mol. The molecule has 0 aliphatic carbocycles. The average Bonchev–Trinajstić information content (AvgIpc) is 2.36. The quantitative estimate of drug-likeness (QED) is 0.904. The molecule has 112 valence electrons. The van der Waals surface area contributed by atoms with Crippen LogP contribution < -0.4 is 0 Å². The van der Waals surface area contributed by atoms with E-state index >= 15 is 0 Å². The van der Waals surface area contributed by atoms with E-state index in [-0.39, 0.29) is 11.8 Å². The summed E-state index contributed by atoms with van der Waals surface area (Å²) in [6.45, 7) is 1.78. The molecule has 0 aliphatic heterocycles. The van der Waals surface area contributed by atoms with Gasteiger partial charge in [-0.1, -0.05) is 12.1 Å². The molecule has 1 atom stereocenters. The predicted molar refractivity (Wildman–Crippen MR) is 69.3 cm³/mol. The Morgan fingerprint density at radius 2 is 1.85 bits per heavy atom. The third-order valence-electron chi connectivity index (χ3n) is 3.14. The Kier molecular flexibility index (Phi) is 5.42. The number of likely N-dealkylation sites (N-methyl/N-ethyl adjacent to an activating group) is 1. The molecule has 1 amide bonds. The normalized spacial score (nSPS) is 13.1. The van der Waals surface area contributed by atoms with Crippen molar-refractivity contribution in [2.24, 2.45) is 0 Å². The summed E-state index contributed by atoms with van der Waals surface area (Å²) in [6, 6.07) is 6.31. The van der Waals surface area contributed by atoms with E-state index < -0.39 is 24.9 Å². The topological polar surface area (TPSA) is 40.5 Å². The first-order valence-corrected chi connectivity index (χ1v) is 6.29. The van der Waals surface area contributed by atoms with E-state index in [0.29, 0.717) is 6.42 Å². The van der Waals surface area contributed by atoms with E-state index in [4.69, 9.17) is 5.11 Å². The number of hydrogen-bond acceptors (Lipinski definition) is 2. The van der Waals surface area contributed by atoms with Gasteiger partial charge in [-0.05, 0) is 31.0 Å². The number of alkyl halides is 3. The van der Waals surface area contributed by atoms with Gasteiger partial charge in [0.1, 0.15) is 5.75 Å². The number of carbonyl (C=O) groups excluding carboxylic acids is 1. The first kappa shape index (κ1) is 16.3. The lowest BCUT2D eigenvalue weighted by Gasteiger charge is -2.25. The second-order valence-corrected chi connectivity index (χ2v) is 4.84. The fourth-order valence-corrected chi connectivity index (χ4v) is 1.78. The molecule has 0 saturated carbocycles. The predicted octanol–water partition coefficient (Wildman–Crippen LogP) is 3.12. The minimum absolute atomic E-state index is 0.149. The smallest absolute Gasteiger partial charge is 0.389 e. The summed E-state index contributed by atoms with van der Waals surface area (Å²) in [7, 11) is 1.50. The highest BCUT2D eigenvalue weighted by atomic mass is 19.4. The Morgan fingerprint density at radius 3 is 2.35 bits per heavy atom. The number of rotatable bonds is 5. The highest BCUT2D eigenvalue weighted by Gasteiger charge is 2.29. The van der Waals surface area contributed by atoms with Crippen LogP contribution in [0.25, 0.3) is 0 Å². The van der Waals surface area contributed by atoms with Gasteiger partial charge < -0.3 is 10.0 Å². The number of phenols is 1. The van der Waals surface area contributed by atoms with E-state index in [9.17, 15) is 18.0 Å². The second kappa shape index (κ2) is 6.63. The van der Waals surface area contributed by atoms with Crippen molar-refractivity contribution in [3.63, 3.8) is 0 Å². The summed E-state index contributed by atoms with van der Waals surface area (Å²) in [4.78, 5) is 13.0. The number of hydrogen-bond donors (Lipinski definition) is 1. The molecule has 0 aromatic heterocycles. The molecule has 0 radical (unpaired) electrons. The van der Waals surface area contributed by atoms with Crippen molar-refractivity contribution < 1.29 is 23.1 Å². The summed E-state index contributed by atoms with van der Waals surface area (Å²) < 4.78 is 36.2. The Morgan fingerprint density at radius 1 is 1.30 bits per heavy atom. The number of phenolic OH excluding ortho intramolecular Hbond substituents is 1. The van der Waals surface area contributed by atoms with Crippen LogP contribution in [0.1, 0.15) is 25.3 Å². The fraction of sp³-hybridized carbons (Fsp3) is 0.500. The molecular formula is C14H18F3NO2. The third-order valence-corrected chi connectivity index (χ3v) is 3.14. The Bertz CT molecular complexity index is 443. The Balaban J connectivity index is 2.51. The van der Waals surface area contributed by atoms with Gasteiger partial charge >= 0.3 is 6.18 Å². The highest BCUT2D eigenvalue weighted by molar-refractivity contribution is 5.76. The van der Waals surface area contributed by atoms with E-state index in [0.717, 1.165) is 5.56 Å². The van der Waals surface area contributed by atoms with Gasteiger partial charge in [0.2, 0.25) is 5.91 Å². The molecule has 1 N–H and O–H groups in total. The standard InChI is InChI=1S/C14H18F3NO2/c1-10(9-11-3-5-12(19)6-4-11)18(2)13(20)7-8-14(15,16)17/h3-6,10,19H,7-9H2,1-2H3/t10-/m1/s1. The molecule has 0 saturated heterocycles. The SMILES string of the molecule is C[C@H](Cc1ccc(O)cc1)N(C)C(=O)CCC(F)(F)F. The van der Waals surface area contributed by atoms with E-state index in [2.05, 4.69) is 0 Å². The number of nitrogens with zero attached hydrogens (tertiary/aromatic N) is 1. The molecule has 0 spiro atoms. The lowest BCUT2D eigenvalue weighted by Crippen LogP contribution is -2.36. The molecule has 3 nitrogen and oxygen atoms in total. The number of aromatic hydroxyl groups is 1. The van der Waals surface area contributed by atoms with Crippen molar-refractivity contribution in [1.29, 1.82) is 0 Å². The van der Waals surface area contributed by atoms with Gasteiger partial charge in [-0.3, -0.25) is 4.79 Å². The molecule has 0 heterocycles. The molecule has 0 bridgehead atoms. The van der Waals surface area contributed by atoms with E-state index in [1.54, 1.807) is 19.1 Å². The third kappa shape index (κ3) is 5.50. The zero-order valence-electron chi connectivity index (χ0n) is 11.4. The molecule has 20 heavy (non-hydrogen) atoms. The van der Waals surface area contributed by atoms with Crippen molar-refractivity contribution in [1.82, 2.24) is 4.90 Å². The molecule has 0 unspecified atom stereocenters. The molecule has 0 fully saturated rings. The van der Waals surface area contributed by atoms with Crippen LogP contribution in [0.15, 0.2) is 24.3 Å². The minimum atomic E-state index is -4.31. The second-order valence-electron chi connectivity index (χ2n) is 4.84. The first-order chi connectivity index (χ1) is 9.19. The lowest BCUT2D eigenvalue weighted by atomic mass is 10.1. The summed E-state index contributed by atoms with van der Waals surface area (Å²) in [5.74, 6) is -0.371. The highest BCUT2D eigenvalue weighted by Crippen LogP contribution is 2.22. The van der Waals surface area contributed by atoms with Gasteiger partial charge in [0, 0.05) is 19.5 Å². The number of halogens is 3. The van der Waals surface area contributed by atoms with Gasteiger partial charge in [-0.2, -0.15) is 13.2 Å². The van der Waals surface area contributed by atoms with Gasteiger partial charge in [0.05, 0.1) is 6.42 Å². The van der Waals surface area contributed by atoms with Crippen LogP contribution in [0.3, 0.4) is 0 Å². The summed E-state index contributed by atoms with van der Waals surface area (Å²) in [5.41, 5.74) is 0.908. The summed E-state index contributed by atoms with van der Waals surface area (Å²) in [6.07, 6.45) is -5.41. The monoisotopic (exact) mass is 289 g/mol. The van der Waals surface area contributed by atoms with Crippen LogP contribution in [0.4, 0.5) is 13.2 Å². The van der Waals surface area contributed by atoms with Gasteiger partial charge in [-0.15, -0.1) is 0 Å². The van der Waals surface area contributed by atoms with Crippen molar-refractivity contribution in [3.8, 4) is 5.75 Å². The molecule has 1 rings (SSSR count). The van der Waals surface area contributed by atoms with E-state index in [1.807, 2.05) is 0 Å². The number of amides is 1. The zero-order valence-corrected chi connectivity index (χ0v) is 11.4. The van der Waals surface area contributed by atoms with Crippen molar-refractivity contribution in [2.45, 2.75) is 38.4 Å². The average molecular weight is 289 g/mol. The summed E-state index contributed by atoms with van der Waals surface area (Å²) in [5, 5.41) is 9.16. The fourth-order valence-electron chi connectivity index (χ4n) is 1.78. The van der Waals surface area contributed by atoms with Crippen molar-refractivity contribution in [2.75, 3.05) is 7.05 Å². The Labute approximate surface area is 116 Å². The van der Waals surface area contributed by atoms with E-state index in [1.165, 1.54) is 24.1 Å². The van der Waals surface area contributed by atoms with Gasteiger partial charge in [0.25, 0.3) is 0 Å². The number of benzene rings is 1.